The quantitative estimate of drug-likeness (QED) is 0.566. The third-order valence-electron chi connectivity index (χ3n) is 4.38. The van der Waals surface area contributed by atoms with Crippen LogP contribution in [0, 0.1) is 0 Å². The fourth-order valence-electron chi connectivity index (χ4n) is 2.45. The van der Waals surface area contributed by atoms with Gasteiger partial charge in [0.15, 0.2) is 11.5 Å². The summed E-state index contributed by atoms with van der Waals surface area (Å²) >= 11 is 0. The van der Waals surface area contributed by atoms with Gasteiger partial charge in [-0.05, 0) is 24.3 Å². The SMILES string of the molecule is COc1ccccc1OCC1CO1.c1cc(OCC2CO2)cc(OCC2CO2)c1. The fraction of sp³-hybridized carbons (Fsp3) is 0.455. The molecule has 3 saturated heterocycles. The Morgan fingerprint density at radius 1 is 0.690 bits per heavy atom. The maximum atomic E-state index is 5.56. The lowest BCUT2D eigenvalue weighted by atomic mass is 10.3. The van der Waals surface area contributed by atoms with E-state index in [9.17, 15) is 0 Å². The van der Waals surface area contributed by atoms with Crippen molar-refractivity contribution >= 4 is 0 Å². The third-order valence-corrected chi connectivity index (χ3v) is 4.38. The van der Waals surface area contributed by atoms with Crippen LogP contribution in [0.1, 0.15) is 0 Å². The average molecular weight is 402 g/mol. The zero-order valence-electron chi connectivity index (χ0n) is 16.5. The number of methoxy groups -OCH3 is 1. The molecule has 3 unspecified atom stereocenters. The summed E-state index contributed by atoms with van der Waals surface area (Å²) in [6, 6.07) is 15.3. The van der Waals surface area contributed by atoms with Crippen LogP contribution < -0.4 is 18.9 Å². The molecule has 0 aromatic heterocycles. The Kier molecular flexibility index (Phi) is 6.71. The Morgan fingerprint density at radius 2 is 1.17 bits per heavy atom. The highest BCUT2D eigenvalue weighted by atomic mass is 16.6. The van der Waals surface area contributed by atoms with E-state index in [1.807, 2.05) is 48.5 Å². The molecule has 0 radical (unpaired) electrons. The van der Waals surface area contributed by atoms with E-state index in [4.69, 9.17) is 33.2 Å². The van der Waals surface area contributed by atoms with Gasteiger partial charge in [0.1, 0.15) is 49.6 Å². The highest BCUT2D eigenvalue weighted by Gasteiger charge is 2.24. The molecule has 2 aromatic carbocycles. The second-order valence-electron chi connectivity index (χ2n) is 6.92. The molecule has 3 aliphatic heterocycles. The van der Waals surface area contributed by atoms with E-state index in [-0.39, 0.29) is 18.3 Å². The third kappa shape index (κ3) is 7.12. The predicted molar refractivity (Wildman–Crippen MR) is 105 cm³/mol. The molecule has 3 atom stereocenters. The molecule has 29 heavy (non-hydrogen) atoms. The van der Waals surface area contributed by atoms with Crippen LogP contribution in [0.3, 0.4) is 0 Å². The van der Waals surface area contributed by atoms with Crippen molar-refractivity contribution in [2.45, 2.75) is 18.3 Å². The van der Waals surface area contributed by atoms with E-state index in [0.29, 0.717) is 19.8 Å². The highest BCUT2D eigenvalue weighted by molar-refractivity contribution is 5.39. The molecule has 3 aliphatic rings. The molecule has 0 N–H and O–H groups in total. The Balaban J connectivity index is 0.000000145. The minimum atomic E-state index is 0.282. The number of hydrogen-bond acceptors (Lipinski definition) is 7. The minimum absolute atomic E-state index is 0.282. The van der Waals surface area contributed by atoms with Crippen LogP contribution in [0.2, 0.25) is 0 Å². The molecular formula is C22H26O7. The van der Waals surface area contributed by atoms with Crippen molar-refractivity contribution < 1.29 is 33.2 Å². The number of benzene rings is 2. The van der Waals surface area contributed by atoms with Crippen LogP contribution in [-0.4, -0.2) is 65.1 Å². The molecule has 7 nitrogen and oxygen atoms in total. The Labute approximate surface area is 170 Å². The van der Waals surface area contributed by atoms with Crippen LogP contribution in [0.4, 0.5) is 0 Å². The van der Waals surface area contributed by atoms with Crippen molar-refractivity contribution in [2.24, 2.45) is 0 Å². The molecule has 0 bridgehead atoms. The predicted octanol–water partition coefficient (Wildman–Crippen LogP) is 2.71. The smallest absolute Gasteiger partial charge is 0.161 e. The molecule has 7 heteroatoms. The Hall–Kier alpha value is -2.48. The van der Waals surface area contributed by atoms with E-state index < -0.39 is 0 Å². The summed E-state index contributed by atoms with van der Waals surface area (Å²) in [5.41, 5.74) is 0. The monoisotopic (exact) mass is 402 g/mol. The first-order chi connectivity index (χ1) is 14.3. The van der Waals surface area contributed by atoms with Crippen molar-refractivity contribution in [3.05, 3.63) is 48.5 Å². The van der Waals surface area contributed by atoms with E-state index in [2.05, 4.69) is 0 Å². The second-order valence-corrected chi connectivity index (χ2v) is 6.92. The second kappa shape index (κ2) is 9.82. The van der Waals surface area contributed by atoms with Crippen molar-refractivity contribution in [3.8, 4) is 23.0 Å². The summed E-state index contributed by atoms with van der Waals surface area (Å²) in [5.74, 6) is 3.19. The van der Waals surface area contributed by atoms with Gasteiger partial charge in [0, 0.05) is 6.07 Å². The Bertz CT molecular complexity index is 738. The number of rotatable bonds is 10. The van der Waals surface area contributed by atoms with Crippen LogP contribution in [0.5, 0.6) is 23.0 Å². The maximum Gasteiger partial charge on any atom is 0.161 e. The molecular weight excluding hydrogens is 376 g/mol. The van der Waals surface area contributed by atoms with Gasteiger partial charge in [-0.3, -0.25) is 0 Å². The number of epoxide rings is 3. The summed E-state index contributed by atoms with van der Waals surface area (Å²) < 4.78 is 36.9. The van der Waals surface area contributed by atoms with Gasteiger partial charge in [0.2, 0.25) is 0 Å². The molecule has 3 fully saturated rings. The summed E-state index contributed by atoms with van der Waals surface area (Å²) in [4.78, 5) is 0. The van der Waals surface area contributed by atoms with Crippen LogP contribution in [0.25, 0.3) is 0 Å². The molecule has 2 aromatic rings. The molecule has 5 rings (SSSR count). The zero-order valence-corrected chi connectivity index (χ0v) is 16.5. The van der Waals surface area contributed by atoms with Gasteiger partial charge in [-0.15, -0.1) is 0 Å². The van der Waals surface area contributed by atoms with Gasteiger partial charge >= 0.3 is 0 Å². The van der Waals surface area contributed by atoms with Crippen molar-refractivity contribution in [2.75, 3.05) is 46.8 Å². The van der Waals surface area contributed by atoms with Gasteiger partial charge in [-0.25, -0.2) is 0 Å². The van der Waals surface area contributed by atoms with Gasteiger partial charge in [-0.2, -0.15) is 0 Å². The number of hydrogen-bond donors (Lipinski definition) is 0. The number of ether oxygens (including phenoxy) is 7. The first kappa shape index (κ1) is 19.8. The minimum Gasteiger partial charge on any atom is -0.493 e. The van der Waals surface area contributed by atoms with Crippen molar-refractivity contribution in [1.29, 1.82) is 0 Å². The molecule has 0 saturated carbocycles. The van der Waals surface area contributed by atoms with Gasteiger partial charge in [-0.1, -0.05) is 18.2 Å². The van der Waals surface area contributed by atoms with Crippen LogP contribution >= 0.6 is 0 Å². The molecule has 156 valence electrons. The first-order valence-corrected chi connectivity index (χ1v) is 9.76. The molecule has 0 amide bonds. The average Bonchev–Trinajstić information content (AvgIpc) is 3.62. The zero-order chi connectivity index (χ0) is 19.9. The number of para-hydroxylation sites is 2. The van der Waals surface area contributed by atoms with E-state index in [0.717, 1.165) is 42.8 Å². The maximum absolute atomic E-state index is 5.56. The summed E-state index contributed by atoms with van der Waals surface area (Å²) in [6.45, 7) is 4.30. The highest BCUT2D eigenvalue weighted by Crippen LogP contribution is 2.26. The van der Waals surface area contributed by atoms with Gasteiger partial charge < -0.3 is 33.2 Å². The van der Waals surface area contributed by atoms with Crippen molar-refractivity contribution in [3.63, 3.8) is 0 Å². The van der Waals surface area contributed by atoms with Gasteiger partial charge in [0.25, 0.3) is 0 Å². The summed E-state index contributed by atoms with van der Waals surface area (Å²) in [7, 11) is 1.63. The first-order valence-electron chi connectivity index (χ1n) is 9.76. The molecule has 3 heterocycles. The Morgan fingerprint density at radius 3 is 1.66 bits per heavy atom. The molecule has 0 aliphatic carbocycles. The lowest BCUT2D eigenvalue weighted by Crippen LogP contribution is -2.06. The summed E-state index contributed by atoms with van der Waals surface area (Å²) in [5, 5.41) is 0. The topological polar surface area (TPSA) is 74.5 Å². The lowest BCUT2D eigenvalue weighted by Gasteiger charge is -2.08. The van der Waals surface area contributed by atoms with E-state index in [1.54, 1.807) is 7.11 Å². The lowest BCUT2D eigenvalue weighted by molar-refractivity contribution is 0.252. The largest absolute Gasteiger partial charge is 0.493 e. The normalized spacial score (nSPS) is 23.3. The van der Waals surface area contributed by atoms with E-state index in [1.165, 1.54) is 0 Å². The summed E-state index contributed by atoms with van der Waals surface area (Å²) in [6.07, 6.45) is 0.846. The van der Waals surface area contributed by atoms with E-state index >= 15 is 0 Å². The van der Waals surface area contributed by atoms with Crippen molar-refractivity contribution in [1.82, 2.24) is 0 Å². The van der Waals surface area contributed by atoms with Crippen LogP contribution in [-0.2, 0) is 14.2 Å². The van der Waals surface area contributed by atoms with Crippen LogP contribution in [0.15, 0.2) is 48.5 Å². The standard InChI is InChI=1S/C12H14O4.C10H12O3/c1-2-9(13-5-11-7-15-11)4-10(3-1)14-6-12-8-16-12;1-11-9-4-2-3-5-10(9)13-7-8-6-12-8/h1-4,11-12H,5-8H2;2-5,8H,6-7H2,1H3. The van der Waals surface area contributed by atoms with Gasteiger partial charge in [0.05, 0.1) is 26.9 Å². The molecule has 0 spiro atoms. The fourth-order valence-corrected chi connectivity index (χ4v) is 2.45.